The second kappa shape index (κ2) is 6.09. The van der Waals surface area contributed by atoms with E-state index in [9.17, 15) is 14.7 Å². The van der Waals surface area contributed by atoms with Crippen molar-refractivity contribution in [1.29, 1.82) is 0 Å². The molecule has 0 spiro atoms. The Balaban J connectivity index is 1.88. The van der Waals surface area contributed by atoms with Crippen LogP contribution < -0.4 is 10.6 Å². The predicted octanol–water partition coefficient (Wildman–Crippen LogP) is 2.14. The molecule has 128 valence electrons. The Bertz CT molecular complexity index is 916. The number of thiophene rings is 1. The molecule has 1 aliphatic heterocycles. The molecule has 0 unspecified atom stereocenters. The number of hydrogen-bond acceptors (Lipinski definition) is 5. The van der Waals surface area contributed by atoms with Gasteiger partial charge < -0.3 is 10.8 Å². The van der Waals surface area contributed by atoms with E-state index in [2.05, 4.69) is 4.99 Å². The first kappa shape index (κ1) is 16.0. The normalized spacial score (nSPS) is 17.7. The van der Waals surface area contributed by atoms with Crippen LogP contribution in [0.4, 0.5) is 10.7 Å². The molecule has 7 heteroatoms. The molecule has 1 aromatic carbocycles. The van der Waals surface area contributed by atoms with E-state index in [1.54, 1.807) is 18.2 Å². The van der Waals surface area contributed by atoms with Crippen LogP contribution in [0.2, 0.25) is 0 Å². The second-order valence-corrected chi connectivity index (χ2v) is 7.19. The van der Waals surface area contributed by atoms with Crippen LogP contribution in [0.5, 0.6) is 0 Å². The summed E-state index contributed by atoms with van der Waals surface area (Å²) >= 11 is 1.44. The lowest BCUT2D eigenvalue weighted by Gasteiger charge is -2.11. The molecule has 0 atom stereocenters. The number of rotatable bonds is 3. The molecular formula is C18H17N3O3S. The van der Waals surface area contributed by atoms with Crippen molar-refractivity contribution in [3.63, 3.8) is 0 Å². The van der Waals surface area contributed by atoms with Crippen molar-refractivity contribution in [2.75, 3.05) is 11.6 Å². The number of aliphatic hydroxyl groups excluding tert-OH is 1. The van der Waals surface area contributed by atoms with Crippen LogP contribution in [0.3, 0.4) is 0 Å². The van der Waals surface area contributed by atoms with Gasteiger partial charge in [-0.25, -0.2) is 4.99 Å². The number of aliphatic imine (C=N–C) groups is 1. The van der Waals surface area contributed by atoms with Crippen LogP contribution in [0.1, 0.15) is 39.2 Å². The van der Waals surface area contributed by atoms with E-state index in [1.807, 2.05) is 6.07 Å². The first-order valence-corrected chi connectivity index (χ1v) is 8.98. The Morgan fingerprint density at radius 1 is 1.28 bits per heavy atom. The van der Waals surface area contributed by atoms with Gasteiger partial charge in [0.15, 0.2) is 0 Å². The summed E-state index contributed by atoms with van der Waals surface area (Å²) in [5.41, 5.74) is 8.55. The molecule has 0 radical (unpaired) electrons. The molecule has 2 heterocycles. The summed E-state index contributed by atoms with van der Waals surface area (Å²) in [6, 6.07) is 7.17. The number of nitrogens with zero attached hydrogens (tertiary/aromatic N) is 2. The highest BCUT2D eigenvalue weighted by atomic mass is 32.1. The van der Waals surface area contributed by atoms with Crippen molar-refractivity contribution in [3.8, 4) is 0 Å². The molecule has 0 bridgehead atoms. The zero-order valence-electron chi connectivity index (χ0n) is 13.5. The maximum absolute atomic E-state index is 12.6. The fourth-order valence-corrected chi connectivity index (χ4v) is 4.77. The highest BCUT2D eigenvalue weighted by Gasteiger charge is 2.34. The smallest absolute Gasteiger partial charge is 0.279 e. The molecule has 4 rings (SSSR count). The van der Waals surface area contributed by atoms with Crippen LogP contribution in [0.25, 0.3) is 0 Å². The lowest BCUT2D eigenvalue weighted by atomic mass is 9.95. The van der Waals surface area contributed by atoms with Gasteiger partial charge in [-0.1, -0.05) is 18.2 Å². The minimum atomic E-state index is -0.503. The van der Waals surface area contributed by atoms with Gasteiger partial charge in [-0.3, -0.25) is 14.5 Å². The number of aliphatic hydroxyl groups is 1. The molecule has 1 aliphatic carbocycles. The van der Waals surface area contributed by atoms with E-state index in [4.69, 9.17) is 5.73 Å². The molecule has 2 aliphatic rings. The quantitative estimate of drug-likeness (QED) is 0.883. The molecule has 3 N–H and O–H groups in total. The van der Waals surface area contributed by atoms with E-state index in [-0.39, 0.29) is 11.6 Å². The van der Waals surface area contributed by atoms with Crippen LogP contribution in [-0.4, -0.2) is 29.4 Å². The van der Waals surface area contributed by atoms with Crippen molar-refractivity contribution < 1.29 is 14.7 Å². The summed E-state index contributed by atoms with van der Waals surface area (Å²) < 4.78 is 0. The van der Waals surface area contributed by atoms with Gasteiger partial charge in [0.25, 0.3) is 11.8 Å². The van der Waals surface area contributed by atoms with E-state index in [1.165, 1.54) is 16.2 Å². The predicted molar refractivity (Wildman–Crippen MR) is 96.7 cm³/mol. The van der Waals surface area contributed by atoms with Gasteiger partial charge in [-0.05, 0) is 37.3 Å². The number of carbonyl (C=O) groups excluding carboxylic acids is 2. The Hall–Kier alpha value is -2.51. The average Bonchev–Trinajstić information content (AvgIpc) is 3.10. The summed E-state index contributed by atoms with van der Waals surface area (Å²) in [7, 11) is 0. The summed E-state index contributed by atoms with van der Waals surface area (Å²) in [5.74, 6) is -0.873. The lowest BCUT2D eigenvalue weighted by Crippen LogP contribution is -2.30. The van der Waals surface area contributed by atoms with Crippen molar-refractivity contribution in [2.24, 2.45) is 10.7 Å². The monoisotopic (exact) mass is 355 g/mol. The SMILES string of the molecule is NC(=O)c1c(N=C2C(=O)N(CO)c3ccccc32)sc2c1CCCC2. The number of carbonyl (C=O) groups is 2. The third-order valence-corrected chi connectivity index (χ3v) is 5.84. The fraction of sp³-hybridized carbons (Fsp3) is 0.278. The Morgan fingerprint density at radius 2 is 2.04 bits per heavy atom. The number of para-hydroxylation sites is 1. The molecule has 0 saturated carbocycles. The zero-order chi connectivity index (χ0) is 17.6. The van der Waals surface area contributed by atoms with E-state index in [0.717, 1.165) is 36.1 Å². The number of benzene rings is 1. The average molecular weight is 355 g/mol. The summed E-state index contributed by atoms with van der Waals surface area (Å²) in [6.07, 6.45) is 3.85. The molecule has 2 amide bonds. The zero-order valence-corrected chi connectivity index (χ0v) is 14.3. The third kappa shape index (κ3) is 2.47. The standard InChI is InChI=1S/C18H17N3O3S/c19-16(23)14-11-6-2-4-8-13(11)25-17(14)20-15-10-5-1-3-7-12(10)21(9-22)18(15)24/h1,3,5,7,22H,2,4,6,8-9H2,(H2,19,23). The van der Waals surface area contributed by atoms with E-state index >= 15 is 0 Å². The number of anilines is 1. The molecule has 6 nitrogen and oxygen atoms in total. The molecule has 2 aromatic rings. The van der Waals surface area contributed by atoms with Crippen molar-refractivity contribution in [3.05, 3.63) is 45.8 Å². The van der Waals surface area contributed by atoms with E-state index < -0.39 is 12.6 Å². The first-order valence-electron chi connectivity index (χ1n) is 8.17. The van der Waals surface area contributed by atoms with Gasteiger partial charge in [0.1, 0.15) is 17.4 Å². The lowest BCUT2D eigenvalue weighted by molar-refractivity contribution is -0.112. The summed E-state index contributed by atoms with van der Waals surface area (Å²) in [5, 5.41) is 10.0. The van der Waals surface area contributed by atoms with Gasteiger partial charge in [0.2, 0.25) is 0 Å². The second-order valence-electron chi connectivity index (χ2n) is 6.11. The van der Waals surface area contributed by atoms with Gasteiger partial charge in [-0.15, -0.1) is 11.3 Å². The fourth-order valence-electron chi connectivity index (χ4n) is 3.50. The number of nitrogens with two attached hydrogens (primary N) is 1. The summed E-state index contributed by atoms with van der Waals surface area (Å²) in [4.78, 5) is 31.6. The first-order chi connectivity index (χ1) is 12.1. The number of primary amides is 1. The van der Waals surface area contributed by atoms with Crippen molar-refractivity contribution in [2.45, 2.75) is 25.7 Å². The molecular weight excluding hydrogens is 338 g/mol. The Kier molecular flexibility index (Phi) is 3.89. The van der Waals surface area contributed by atoms with Crippen LogP contribution >= 0.6 is 11.3 Å². The molecule has 25 heavy (non-hydrogen) atoms. The minimum absolute atomic E-state index is 0.241. The number of hydrogen-bond donors (Lipinski definition) is 2. The Morgan fingerprint density at radius 3 is 2.80 bits per heavy atom. The van der Waals surface area contributed by atoms with Crippen LogP contribution in [0, 0.1) is 0 Å². The van der Waals surface area contributed by atoms with Crippen molar-refractivity contribution >= 4 is 39.6 Å². The maximum Gasteiger partial charge on any atom is 0.279 e. The topological polar surface area (TPSA) is 96.0 Å². The van der Waals surface area contributed by atoms with Gasteiger partial charge >= 0.3 is 0 Å². The van der Waals surface area contributed by atoms with E-state index in [0.29, 0.717) is 21.8 Å². The van der Waals surface area contributed by atoms with Crippen LogP contribution in [-0.2, 0) is 17.6 Å². The van der Waals surface area contributed by atoms with Gasteiger partial charge in [-0.2, -0.15) is 0 Å². The Labute approximate surface area is 148 Å². The highest BCUT2D eigenvalue weighted by Crippen LogP contribution is 2.41. The number of fused-ring (bicyclic) bond motifs is 2. The van der Waals surface area contributed by atoms with Gasteiger partial charge in [0.05, 0.1) is 11.3 Å². The highest BCUT2D eigenvalue weighted by molar-refractivity contribution is 7.16. The number of amides is 2. The third-order valence-electron chi connectivity index (χ3n) is 4.65. The summed E-state index contributed by atoms with van der Waals surface area (Å²) in [6.45, 7) is -0.418. The molecule has 0 saturated heterocycles. The molecule has 0 fully saturated rings. The largest absolute Gasteiger partial charge is 0.376 e. The van der Waals surface area contributed by atoms with Gasteiger partial charge in [0, 0.05) is 10.4 Å². The maximum atomic E-state index is 12.6. The van der Waals surface area contributed by atoms with Crippen LogP contribution in [0.15, 0.2) is 29.3 Å². The minimum Gasteiger partial charge on any atom is -0.376 e. The number of aryl methyl sites for hydroxylation is 1. The van der Waals surface area contributed by atoms with Crippen molar-refractivity contribution in [1.82, 2.24) is 0 Å². The molecule has 1 aromatic heterocycles.